The monoisotopic (exact) mass is 283 g/mol. The van der Waals surface area contributed by atoms with E-state index in [2.05, 4.69) is 0 Å². The van der Waals surface area contributed by atoms with Crippen molar-refractivity contribution in [3.8, 4) is 11.8 Å². The van der Waals surface area contributed by atoms with Crippen molar-refractivity contribution >= 4 is 5.78 Å². The average Bonchev–Trinajstić information content (AvgIpc) is 2.47. The van der Waals surface area contributed by atoms with E-state index >= 15 is 0 Å². The highest BCUT2D eigenvalue weighted by Crippen LogP contribution is 2.21. The number of ketones is 1. The third kappa shape index (κ3) is 3.46. The minimum atomic E-state index is -0.410. The van der Waals surface area contributed by atoms with Gasteiger partial charge in [-0.05, 0) is 55.8 Å². The van der Waals surface area contributed by atoms with Gasteiger partial charge in [0.15, 0.2) is 5.78 Å². The topological polar surface area (TPSA) is 50.1 Å². The van der Waals surface area contributed by atoms with Crippen molar-refractivity contribution < 1.29 is 13.9 Å². The second-order valence-corrected chi connectivity index (χ2v) is 4.74. The summed E-state index contributed by atoms with van der Waals surface area (Å²) in [6, 6.07) is 11.2. The van der Waals surface area contributed by atoms with Crippen LogP contribution in [0.3, 0.4) is 0 Å². The van der Waals surface area contributed by atoms with Crippen LogP contribution in [0.15, 0.2) is 36.4 Å². The standard InChI is InChI=1S/C17H14FNO2/c1-11-7-14(12(2)20)4-6-17(11)21-10-15-8-13(9-19)3-5-16(15)18/h3-8H,10H2,1-2H3. The summed E-state index contributed by atoms with van der Waals surface area (Å²) in [6.07, 6.45) is 0. The summed E-state index contributed by atoms with van der Waals surface area (Å²) in [6.45, 7) is 3.35. The van der Waals surface area contributed by atoms with E-state index in [0.717, 1.165) is 5.56 Å². The van der Waals surface area contributed by atoms with Crippen molar-refractivity contribution in [3.05, 3.63) is 64.5 Å². The number of nitriles is 1. The van der Waals surface area contributed by atoms with Crippen molar-refractivity contribution in [2.24, 2.45) is 0 Å². The van der Waals surface area contributed by atoms with Crippen molar-refractivity contribution in [3.63, 3.8) is 0 Å². The largest absolute Gasteiger partial charge is 0.489 e. The van der Waals surface area contributed by atoms with Gasteiger partial charge in [-0.2, -0.15) is 5.26 Å². The quantitative estimate of drug-likeness (QED) is 0.802. The van der Waals surface area contributed by atoms with Crippen molar-refractivity contribution in [1.29, 1.82) is 5.26 Å². The van der Waals surface area contributed by atoms with E-state index in [4.69, 9.17) is 10.00 Å². The van der Waals surface area contributed by atoms with Gasteiger partial charge in [-0.25, -0.2) is 4.39 Å². The molecular formula is C17H14FNO2. The molecule has 2 aromatic carbocycles. The van der Waals surface area contributed by atoms with Crippen LogP contribution in [0.4, 0.5) is 4.39 Å². The highest BCUT2D eigenvalue weighted by atomic mass is 19.1. The number of hydrogen-bond donors (Lipinski definition) is 0. The molecule has 0 aliphatic rings. The lowest BCUT2D eigenvalue weighted by atomic mass is 10.1. The molecule has 0 fully saturated rings. The van der Waals surface area contributed by atoms with Gasteiger partial charge >= 0.3 is 0 Å². The maximum absolute atomic E-state index is 13.6. The van der Waals surface area contributed by atoms with Gasteiger partial charge in [0.05, 0.1) is 11.6 Å². The Kier molecular flexibility index (Phi) is 4.34. The van der Waals surface area contributed by atoms with E-state index in [-0.39, 0.29) is 12.4 Å². The molecule has 0 unspecified atom stereocenters. The van der Waals surface area contributed by atoms with Crippen LogP contribution in [0, 0.1) is 24.1 Å². The summed E-state index contributed by atoms with van der Waals surface area (Å²) in [4.78, 5) is 11.3. The van der Waals surface area contributed by atoms with Gasteiger partial charge in [-0.3, -0.25) is 4.79 Å². The number of hydrogen-bond acceptors (Lipinski definition) is 3. The first-order valence-corrected chi connectivity index (χ1v) is 6.44. The van der Waals surface area contributed by atoms with Crippen LogP contribution in [0.25, 0.3) is 0 Å². The van der Waals surface area contributed by atoms with E-state index in [9.17, 15) is 9.18 Å². The van der Waals surface area contributed by atoms with Gasteiger partial charge in [0, 0.05) is 11.1 Å². The Hall–Kier alpha value is -2.67. The van der Waals surface area contributed by atoms with Crippen molar-refractivity contribution in [2.75, 3.05) is 0 Å². The molecule has 4 heteroatoms. The first-order valence-electron chi connectivity index (χ1n) is 6.44. The summed E-state index contributed by atoms with van der Waals surface area (Å²) in [5.74, 6) is 0.159. The van der Waals surface area contributed by atoms with Gasteiger partial charge in [0.25, 0.3) is 0 Å². The number of nitrogens with zero attached hydrogens (tertiary/aromatic N) is 1. The van der Waals surface area contributed by atoms with E-state index in [1.165, 1.54) is 25.1 Å². The highest BCUT2D eigenvalue weighted by molar-refractivity contribution is 5.94. The van der Waals surface area contributed by atoms with Crippen LogP contribution in [0.1, 0.15) is 34.0 Å². The van der Waals surface area contributed by atoms with Crippen LogP contribution in [-0.2, 0) is 6.61 Å². The maximum Gasteiger partial charge on any atom is 0.159 e. The van der Waals surface area contributed by atoms with Gasteiger partial charge in [-0.1, -0.05) is 0 Å². The van der Waals surface area contributed by atoms with Gasteiger partial charge in [0.2, 0.25) is 0 Å². The minimum absolute atomic E-state index is 0.0163. The third-order valence-corrected chi connectivity index (χ3v) is 3.14. The molecule has 106 valence electrons. The highest BCUT2D eigenvalue weighted by Gasteiger charge is 2.08. The van der Waals surface area contributed by atoms with Gasteiger partial charge in [0.1, 0.15) is 18.2 Å². The first kappa shape index (κ1) is 14.7. The lowest BCUT2D eigenvalue weighted by Crippen LogP contribution is -2.01. The van der Waals surface area contributed by atoms with E-state index < -0.39 is 5.82 Å². The fourth-order valence-electron chi connectivity index (χ4n) is 1.94. The molecule has 0 saturated carbocycles. The second kappa shape index (κ2) is 6.19. The number of carbonyl (C=O) groups excluding carboxylic acids is 1. The molecule has 0 amide bonds. The normalized spacial score (nSPS) is 10.0. The van der Waals surface area contributed by atoms with Gasteiger partial charge in [-0.15, -0.1) is 0 Å². The summed E-state index contributed by atoms with van der Waals surface area (Å²) < 4.78 is 19.2. The van der Waals surface area contributed by atoms with Crippen molar-refractivity contribution in [1.82, 2.24) is 0 Å². The molecule has 3 nitrogen and oxygen atoms in total. The number of rotatable bonds is 4. The Morgan fingerprint density at radius 1 is 1.29 bits per heavy atom. The van der Waals surface area contributed by atoms with Crippen LogP contribution < -0.4 is 4.74 Å². The number of carbonyl (C=O) groups is 1. The number of ether oxygens (including phenoxy) is 1. The fraction of sp³-hybridized carbons (Fsp3) is 0.176. The fourth-order valence-corrected chi connectivity index (χ4v) is 1.94. The molecule has 0 radical (unpaired) electrons. The molecule has 21 heavy (non-hydrogen) atoms. The first-order chi connectivity index (χ1) is 10.0. The summed E-state index contributed by atoms with van der Waals surface area (Å²) in [5.41, 5.74) is 2.12. The Bertz CT molecular complexity index is 732. The third-order valence-electron chi connectivity index (χ3n) is 3.14. The average molecular weight is 283 g/mol. The van der Waals surface area contributed by atoms with E-state index in [1.807, 2.05) is 13.0 Å². The van der Waals surface area contributed by atoms with Crippen LogP contribution in [0.5, 0.6) is 5.75 Å². The molecule has 0 atom stereocenters. The molecule has 2 rings (SSSR count). The number of benzene rings is 2. The number of Topliss-reactive ketones (excluding diaryl/α,β-unsaturated/α-hetero) is 1. The lowest BCUT2D eigenvalue weighted by molar-refractivity contribution is 0.101. The summed E-state index contributed by atoms with van der Waals surface area (Å²) >= 11 is 0. The van der Waals surface area contributed by atoms with Crippen LogP contribution >= 0.6 is 0 Å². The Balaban J connectivity index is 2.17. The zero-order chi connectivity index (χ0) is 15.4. The molecule has 0 saturated heterocycles. The Morgan fingerprint density at radius 3 is 2.67 bits per heavy atom. The molecule has 0 bridgehead atoms. The van der Waals surface area contributed by atoms with Crippen LogP contribution in [-0.4, -0.2) is 5.78 Å². The molecule has 0 N–H and O–H groups in total. The zero-order valence-corrected chi connectivity index (χ0v) is 11.8. The molecule has 0 spiro atoms. The summed E-state index contributed by atoms with van der Waals surface area (Å²) in [7, 11) is 0. The van der Waals surface area contributed by atoms with Crippen molar-refractivity contribution in [2.45, 2.75) is 20.5 Å². The molecular weight excluding hydrogens is 269 g/mol. The predicted octanol–water partition coefficient (Wildman–Crippen LogP) is 3.79. The molecule has 0 aromatic heterocycles. The second-order valence-electron chi connectivity index (χ2n) is 4.74. The Morgan fingerprint density at radius 2 is 2.05 bits per heavy atom. The molecule has 0 aliphatic heterocycles. The smallest absolute Gasteiger partial charge is 0.159 e. The van der Waals surface area contributed by atoms with Crippen LogP contribution in [0.2, 0.25) is 0 Å². The molecule has 2 aromatic rings. The summed E-state index contributed by atoms with van der Waals surface area (Å²) in [5, 5.41) is 8.82. The number of halogens is 1. The molecule has 0 heterocycles. The predicted molar refractivity (Wildman–Crippen MR) is 76.6 cm³/mol. The van der Waals surface area contributed by atoms with E-state index in [0.29, 0.717) is 22.4 Å². The van der Waals surface area contributed by atoms with E-state index in [1.54, 1.807) is 18.2 Å². The Labute approximate surface area is 122 Å². The SMILES string of the molecule is CC(=O)c1ccc(OCc2cc(C#N)ccc2F)c(C)c1. The zero-order valence-electron chi connectivity index (χ0n) is 11.8. The molecule has 0 aliphatic carbocycles. The van der Waals surface area contributed by atoms with Gasteiger partial charge < -0.3 is 4.74 Å². The maximum atomic E-state index is 13.6. The lowest BCUT2D eigenvalue weighted by Gasteiger charge is -2.11. The number of aryl methyl sites for hydroxylation is 1. The minimum Gasteiger partial charge on any atom is -0.489 e.